The molecule has 1 aliphatic rings. The lowest BCUT2D eigenvalue weighted by atomic mass is 10.2. The summed E-state index contributed by atoms with van der Waals surface area (Å²) in [5.41, 5.74) is 3.04. The molecular weight excluding hydrogens is 432 g/mol. The van der Waals surface area contributed by atoms with Crippen LogP contribution in [-0.4, -0.2) is 33.2 Å². The third kappa shape index (κ3) is 4.44. The molecule has 1 aliphatic heterocycles. The average Bonchev–Trinajstić information content (AvgIpc) is 2.77. The predicted octanol–water partition coefficient (Wildman–Crippen LogP) is 3.62. The highest BCUT2D eigenvalue weighted by Gasteiger charge is 2.31. The molecule has 2 aromatic rings. The van der Waals surface area contributed by atoms with E-state index in [1.807, 2.05) is 32.0 Å². The highest BCUT2D eigenvalue weighted by atomic mass is 79.9. The van der Waals surface area contributed by atoms with Crippen LogP contribution in [0.2, 0.25) is 0 Å². The van der Waals surface area contributed by atoms with Crippen molar-refractivity contribution in [3.05, 3.63) is 52.0 Å². The Morgan fingerprint density at radius 1 is 1.22 bits per heavy atom. The maximum Gasteiger partial charge on any atom is 0.265 e. The second kappa shape index (κ2) is 7.52. The van der Waals surface area contributed by atoms with Crippen LogP contribution < -0.4 is 14.4 Å². The Morgan fingerprint density at radius 3 is 2.63 bits per heavy atom. The van der Waals surface area contributed by atoms with Gasteiger partial charge >= 0.3 is 0 Å². The van der Waals surface area contributed by atoms with Gasteiger partial charge in [-0.05, 0) is 55.3 Å². The molecule has 0 saturated carbocycles. The minimum atomic E-state index is -3.48. The van der Waals surface area contributed by atoms with Crippen molar-refractivity contribution < 1.29 is 17.9 Å². The van der Waals surface area contributed by atoms with Crippen molar-refractivity contribution in [1.29, 1.82) is 0 Å². The highest BCUT2D eigenvalue weighted by Crippen LogP contribution is 2.35. The number of nitrogens with one attached hydrogen (secondary N) is 1. The monoisotopic (exact) mass is 452 g/mol. The van der Waals surface area contributed by atoms with Crippen molar-refractivity contribution in [3.63, 3.8) is 0 Å². The number of rotatable bonds is 3. The number of carbonyl (C=O) groups is 1. The number of halogens is 1. The minimum absolute atomic E-state index is 0.173. The molecule has 0 bridgehead atoms. The summed E-state index contributed by atoms with van der Waals surface area (Å²) in [5, 5.41) is 2.85. The normalized spacial score (nSPS) is 16.9. The number of amides is 1. The summed E-state index contributed by atoms with van der Waals surface area (Å²) in [6, 6.07) is 10.8. The zero-order valence-electron chi connectivity index (χ0n) is 15.3. The number of aryl methyl sites for hydroxylation is 2. The molecule has 1 heterocycles. The number of benzene rings is 2. The number of hydrogen-bond acceptors (Lipinski definition) is 4. The topological polar surface area (TPSA) is 75.7 Å². The van der Waals surface area contributed by atoms with Gasteiger partial charge in [0.15, 0.2) is 6.10 Å². The van der Waals surface area contributed by atoms with Crippen LogP contribution in [0.1, 0.15) is 17.5 Å². The van der Waals surface area contributed by atoms with Crippen molar-refractivity contribution in [2.45, 2.75) is 26.4 Å². The molecule has 2 aromatic carbocycles. The van der Waals surface area contributed by atoms with Crippen LogP contribution in [0, 0.1) is 13.8 Å². The first-order chi connectivity index (χ1) is 12.6. The molecular formula is C19H21BrN2O4S. The van der Waals surface area contributed by atoms with E-state index in [-0.39, 0.29) is 18.9 Å². The summed E-state index contributed by atoms with van der Waals surface area (Å²) in [4.78, 5) is 12.7. The van der Waals surface area contributed by atoms with Gasteiger partial charge < -0.3 is 10.1 Å². The van der Waals surface area contributed by atoms with Gasteiger partial charge in [-0.2, -0.15) is 0 Å². The second-order valence-corrected chi connectivity index (χ2v) is 9.42. The maximum absolute atomic E-state index is 12.7. The van der Waals surface area contributed by atoms with Gasteiger partial charge in [0.1, 0.15) is 5.75 Å². The molecule has 1 atom stereocenters. The van der Waals surface area contributed by atoms with E-state index >= 15 is 0 Å². The largest absolute Gasteiger partial charge is 0.478 e. The Bertz CT molecular complexity index is 991. The number of fused-ring (bicyclic) bond motifs is 1. The fourth-order valence-electron chi connectivity index (χ4n) is 2.96. The van der Waals surface area contributed by atoms with Gasteiger partial charge in [-0.25, -0.2) is 8.42 Å². The molecule has 0 unspecified atom stereocenters. The van der Waals surface area contributed by atoms with E-state index in [4.69, 9.17) is 4.74 Å². The van der Waals surface area contributed by atoms with Crippen molar-refractivity contribution in [1.82, 2.24) is 0 Å². The van der Waals surface area contributed by atoms with Crippen LogP contribution in [0.5, 0.6) is 5.75 Å². The SMILES string of the molecule is Cc1ccc2c(c1)N(S(C)(=O)=O)CC[C@H](C(=O)Nc1ccc(Br)c(C)c1)O2. The molecule has 1 N–H and O–H groups in total. The maximum atomic E-state index is 12.7. The average molecular weight is 453 g/mol. The third-order valence-electron chi connectivity index (χ3n) is 4.36. The smallest absolute Gasteiger partial charge is 0.265 e. The minimum Gasteiger partial charge on any atom is -0.478 e. The predicted molar refractivity (Wildman–Crippen MR) is 110 cm³/mol. The zero-order chi connectivity index (χ0) is 19.8. The molecule has 0 aliphatic carbocycles. The lowest BCUT2D eigenvalue weighted by molar-refractivity contribution is -0.122. The van der Waals surface area contributed by atoms with E-state index in [0.717, 1.165) is 21.9 Å². The van der Waals surface area contributed by atoms with E-state index in [1.165, 1.54) is 4.31 Å². The molecule has 6 nitrogen and oxygen atoms in total. The fourth-order valence-corrected chi connectivity index (χ4v) is 4.15. The third-order valence-corrected chi connectivity index (χ3v) is 6.43. The van der Waals surface area contributed by atoms with Crippen molar-refractivity contribution in [3.8, 4) is 5.75 Å². The summed E-state index contributed by atoms with van der Waals surface area (Å²) in [5.74, 6) is 0.0780. The van der Waals surface area contributed by atoms with Crippen LogP contribution in [0.3, 0.4) is 0 Å². The number of carbonyl (C=O) groups excluding carboxylic acids is 1. The van der Waals surface area contributed by atoms with E-state index in [1.54, 1.807) is 18.2 Å². The molecule has 0 radical (unpaired) electrons. The van der Waals surface area contributed by atoms with E-state index in [9.17, 15) is 13.2 Å². The summed E-state index contributed by atoms with van der Waals surface area (Å²) >= 11 is 3.43. The van der Waals surface area contributed by atoms with Crippen LogP contribution in [0.4, 0.5) is 11.4 Å². The first-order valence-corrected chi connectivity index (χ1v) is 11.1. The van der Waals surface area contributed by atoms with E-state index in [2.05, 4.69) is 21.2 Å². The lowest BCUT2D eigenvalue weighted by Gasteiger charge is -2.21. The Morgan fingerprint density at radius 2 is 1.96 bits per heavy atom. The van der Waals surface area contributed by atoms with Crippen LogP contribution in [0.25, 0.3) is 0 Å². The highest BCUT2D eigenvalue weighted by molar-refractivity contribution is 9.10. The van der Waals surface area contributed by atoms with Crippen molar-refractivity contribution >= 4 is 43.2 Å². The Balaban J connectivity index is 1.87. The van der Waals surface area contributed by atoms with Crippen LogP contribution in [-0.2, 0) is 14.8 Å². The van der Waals surface area contributed by atoms with E-state index in [0.29, 0.717) is 17.1 Å². The Kier molecular flexibility index (Phi) is 5.48. The zero-order valence-corrected chi connectivity index (χ0v) is 17.7. The summed E-state index contributed by atoms with van der Waals surface area (Å²) in [6.07, 6.45) is 0.619. The molecule has 27 heavy (non-hydrogen) atoms. The number of nitrogens with zero attached hydrogens (tertiary/aromatic N) is 1. The van der Waals surface area contributed by atoms with Gasteiger partial charge in [0, 0.05) is 23.1 Å². The number of ether oxygens (including phenoxy) is 1. The summed E-state index contributed by atoms with van der Waals surface area (Å²) < 4.78 is 32.6. The number of sulfonamides is 1. The van der Waals surface area contributed by atoms with Crippen LogP contribution in [0.15, 0.2) is 40.9 Å². The van der Waals surface area contributed by atoms with Gasteiger partial charge in [0.25, 0.3) is 5.91 Å². The molecule has 0 fully saturated rings. The summed E-state index contributed by atoms with van der Waals surface area (Å²) in [7, 11) is -3.48. The first kappa shape index (κ1) is 19.7. The molecule has 144 valence electrons. The van der Waals surface area contributed by atoms with Gasteiger partial charge in [-0.3, -0.25) is 9.10 Å². The second-order valence-electron chi connectivity index (χ2n) is 6.65. The molecule has 3 rings (SSSR count). The van der Waals surface area contributed by atoms with Gasteiger partial charge in [-0.15, -0.1) is 0 Å². The number of hydrogen-bond donors (Lipinski definition) is 1. The molecule has 1 amide bonds. The molecule has 0 saturated heterocycles. The van der Waals surface area contributed by atoms with Crippen LogP contribution >= 0.6 is 15.9 Å². The quantitative estimate of drug-likeness (QED) is 0.771. The van der Waals surface area contributed by atoms with E-state index < -0.39 is 16.1 Å². The molecule has 0 spiro atoms. The lowest BCUT2D eigenvalue weighted by Crippen LogP contribution is -2.36. The summed E-state index contributed by atoms with van der Waals surface area (Å²) in [6.45, 7) is 3.99. The molecule has 8 heteroatoms. The Labute approximate surface area is 167 Å². The first-order valence-electron chi connectivity index (χ1n) is 8.47. The fraction of sp³-hybridized carbons (Fsp3) is 0.316. The standard InChI is InChI=1S/C19H21BrN2O4S/c1-12-4-7-17-16(10-12)22(27(3,24)25)9-8-18(26-17)19(23)21-14-5-6-15(20)13(2)11-14/h4-7,10-11,18H,8-9H2,1-3H3,(H,21,23)/t18-/m1/s1. The van der Waals surface area contributed by atoms with Gasteiger partial charge in [0.2, 0.25) is 10.0 Å². The van der Waals surface area contributed by atoms with Crippen molar-refractivity contribution in [2.75, 3.05) is 22.4 Å². The Hall–Kier alpha value is -2.06. The van der Waals surface area contributed by atoms with Crippen molar-refractivity contribution in [2.24, 2.45) is 0 Å². The molecule has 0 aromatic heterocycles. The van der Waals surface area contributed by atoms with Gasteiger partial charge in [0.05, 0.1) is 11.9 Å². The number of anilines is 2. The van der Waals surface area contributed by atoms with Gasteiger partial charge in [-0.1, -0.05) is 22.0 Å².